The molecule has 0 amide bonds. The predicted molar refractivity (Wildman–Crippen MR) is 95.8 cm³/mol. The third-order valence-corrected chi connectivity index (χ3v) is 3.30. The monoisotopic (exact) mass is 410 g/mol. The van der Waals surface area contributed by atoms with Crippen LogP contribution < -0.4 is 0 Å². The number of methoxy groups -OCH3 is 2. The zero-order chi connectivity index (χ0) is 21.8. The molecule has 0 aromatic rings. The molecule has 1 aliphatic rings. The first-order valence-corrected chi connectivity index (χ1v) is 8.39. The summed E-state index contributed by atoms with van der Waals surface area (Å²) in [5, 5.41) is 0. The highest BCUT2D eigenvalue weighted by Gasteiger charge is 2.30. The van der Waals surface area contributed by atoms with Gasteiger partial charge < -0.3 is 28.4 Å². The molecule has 158 valence electrons. The van der Waals surface area contributed by atoms with E-state index in [0.717, 1.165) is 20.3 Å². The van der Waals surface area contributed by atoms with E-state index < -0.39 is 42.4 Å². The van der Waals surface area contributed by atoms with E-state index in [1.54, 1.807) is 6.08 Å². The molecule has 10 heteroatoms. The second kappa shape index (κ2) is 12.3. The van der Waals surface area contributed by atoms with Gasteiger partial charge in [0.2, 0.25) is 0 Å². The molecule has 1 heterocycles. The average Bonchev–Trinajstić information content (AvgIpc) is 2.68. The average molecular weight is 410 g/mol. The molecular formula is C19H22O10. The summed E-state index contributed by atoms with van der Waals surface area (Å²) < 4.78 is 30.0. The van der Waals surface area contributed by atoms with Gasteiger partial charge in [0.05, 0.1) is 14.2 Å². The van der Waals surface area contributed by atoms with Gasteiger partial charge in [-0.1, -0.05) is 11.8 Å². The molecule has 0 saturated carbocycles. The molecule has 1 rings (SSSR count). The minimum absolute atomic E-state index is 0.141. The molecule has 0 aliphatic carbocycles. The molecular weight excluding hydrogens is 388 g/mol. The molecule has 0 spiro atoms. The second-order valence-corrected chi connectivity index (χ2v) is 5.49. The Kier molecular flexibility index (Phi) is 10.2. The van der Waals surface area contributed by atoms with Gasteiger partial charge in [-0.05, 0) is 12.2 Å². The van der Waals surface area contributed by atoms with Crippen molar-refractivity contribution in [1.29, 1.82) is 0 Å². The van der Waals surface area contributed by atoms with Gasteiger partial charge >= 0.3 is 23.9 Å². The van der Waals surface area contributed by atoms with Gasteiger partial charge in [0.25, 0.3) is 0 Å². The van der Waals surface area contributed by atoms with E-state index in [0.29, 0.717) is 0 Å². The Morgan fingerprint density at radius 1 is 1.07 bits per heavy atom. The maximum atomic E-state index is 11.6. The molecule has 29 heavy (non-hydrogen) atoms. The van der Waals surface area contributed by atoms with Crippen molar-refractivity contribution in [2.45, 2.75) is 32.3 Å². The van der Waals surface area contributed by atoms with E-state index >= 15 is 0 Å². The number of ether oxygens (including phenoxy) is 6. The number of carbonyl (C=O) groups is 4. The van der Waals surface area contributed by atoms with Crippen molar-refractivity contribution in [1.82, 2.24) is 0 Å². The van der Waals surface area contributed by atoms with Crippen LogP contribution in [0.3, 0.4) is 0 Å². The van der Waals surface area contributed by atoms with Crippen LogP contribution in [0.2, 0.25) is 0 Å². The lowest BCUT2D eigenvalue weighted by molar-refractivity contribution is -0.193. The predicted octanol–water partition coefficient (Wildman–Crippen LogP) is 0.0547. The van der Waals surface area contributed by atoms with Gasteiger partial charge in [0.1, 0.15) is 31.0 Å². The van der Waals surface area contributed by atoms with Gasteiger partial charge in [0, 0.05) is 19.9 Å². The van der Waals surface area contributed by atoms with Gasteiger partial charge in [-0.2, -0.15) is 0 Å². The summed E-state index contributed by atoms with van der Waals surface area (Å²) in [5.41, 5.74) is -0.203. The minimum Gasteiger partial charge on any atom is -0.466 e. The molecule has 0 saturated heterocycles. The number of hydrogen-bond donors (Lipinski definition) is 0. The third kappa shape index (κ3) is 9.05. The first kappa shape index (κ1) is 23.9. The SMILES string of the molecule is COC(=O)C=C(C#CCOC1C=CC(OC(C)=O)C(COC(C)=O)O1)C(=O)OC. The minimum atomic E-state index is -0.858. The van der Waals surface area contributed by atoms with Gasteiger partial charge in [0.15, 0.2) is 6.29 Å². The van der Waals surface area contributed by atoms with E-state index in [9.17, 15) is 19.2 Å². The quantitative estimate of drug-likeness (QED) is 0.187. The smallest absolute Gasteiger partial charge is 0.346 e. The second-order valence-electron chi connectivity index (χ2n) is 5.49. The molecule has 0 bridgehead atoms. The summed E-state index contributed by atoms with van der Waals surface area (Å²) in [7, 11) is 2.31. The van der Waals surface area contributed by atoms with E-state index in [4.69, 9.17) is 18.9 Å². The maximum absolute atomic E-state index is 11.6. The standard InChI is InChI=1S/C19H22O10/c1-12(20)27-11-16-15(28-13(2)21)7-8-18(29-16)26-9-5-6-14(19(23)25-4)10-17(22)24-3/h7-8,10,15-16,18H,9,11H2,1-4H3. The van der Waals surface area contributed by atoms with E-state index in [-0.39, 0.29) is 18.8 Å². The van der Waals surface area contributed by atoms with Crippen molar-refractivity contribution < 1.29 is 47.6 Å². The summed E-state index contributed by atoms with van der Waals surface area (Å²) in [4.78, 5) is 45.1. The first-order valence-electron chi connectivity index (χ1n) is 8.39. The molecule has 0 aromatic heterocycles. The topological polar surface area (TPSA) is 124 Å². The Morgan fingerprint density at radius 2 is 1.79 bits per heavy atom. The Labute approximate surface area is 167 Å². The molecule has 3 unspecified atom stereocenters. The van der Waals surface area contributed by atoms with Crippen molar-refractivity contribution in [2.24, 2.45) is 0 Å². The maximum Gasteiger partial charge on any atom is 0.346 e. The molecule has 0 N–H and O–H groups in total. The van der Waals surface area contributed by atoms with E-state index in [1.165, 1.54) is 19.9 Å². The van der Waals surface area contributed by atoms with Gasteiger partial charge in [-0.25, -0.2) is 9.59 Å². The normalized spacial score (nSPS) is 20.7. The van der Waals surface area contributed by atoms with Crippen LogP contribution >= 0.6 is 0 Å². The van der Waals surface area contributed by atoms with Crippen LogP contribution in [0.1, 0.15) is 13.8 Å². The largest absolute Gasteiger partial charge is 0.466 e. The molecule has 10 nitrogen and oxygen atoms in total. The van der Waals surface area contributed by atoms with Crippen LogP contribution in [0.15, 0.2) is 23.8 Å². The fourth-order valence-corrected chi connectivity index (χ4v) is 2.04. The Morgan fingerprint density at radius 3 is 2.38 bits per heavy atom. The first-order chi connectivity index (χ1) is 13.8. The fourth-order valence-electron chi connectivity index (χ4n) is 2.04. The zero-order valence-corrected chi connectivity index (χ0v) is 16.5. The van der Waals surface area contributed by atoms with E-state index in [1.807, 2.05) is 0 Å². The van der Waals surface area contributed by atoms with Gasteiger partial charge in [-0.15, -0.1) is 0 Å². The third-order valence-electron chi connectivity index (χ3n) is 3.30. The van der Waals surface area contributed by atoms with Crippen LogP contribution in [0.4, 0.5) is 0 Å². The Balaban J connectivity index is 2.74. The van der Waals surface area contributed by atoms with Gasteiger partial charge in [-0.3, -0.25) is 9.59 Å². The molecule has 0 fully saturated rings. The van der Waals surface area contributed by atoms with Crippen molar-refractivity contribution >= 4 is 23.9 Å². The summed E-state index contributed by atoms with van der Waals surface area (Å²) in [6, 6.07) is 0. The van der Waals surface area contributed by atoms with Crippen LogP contribution in [-0.2, 0) is 47.6 Å². The van der Waals surface area contributed by atoms with E-state index in [2.05, 4.69) is 21.3 Å². The van der Waals surface area contributed by atoms with Crippen LogP contribution in [-0.4, -0.2) is 69.8 Å². The molecule has 3 atom stereocenters. The molecule has 0 radical (unpaired) electrons. The highest BCUT2D eigenvalue weighted by molar-refractivity contribution is 6.00. The highest BCUT2D eigenvalue weighted by Crippen LogP contribution is 2.17. The van der Waals surface area contributed by atoms with Crippen molar-refractivity contribution in [3.63, 3.8) is 0 Å². The zero-order valence-electron chi connectivity index (χ0n) is 16.5. The van der Waals surface area contributed by atoms with Crippen molar-refractivity contribution in [3.05, 3.63) is 23.8 Å². The Bertz CT molecular complexity index is 740. The fraction of sp³-hybridized carbons (Fsp3) is 0.474. The lowest BCUT2D eigenvalue weighted by atomic mass is 10.1. The number of rotatable bonds is 7. The van der Waals surface area contributed by atoms with Crippen LogP contribution in [0.5, 0.6) is 0 Å². The van der Waals surface area contributed by atoms with Crippen LogP contribution in [0, 0.1) is 11.8 Å². The molecule has 0 aromatic carbocycles. The summed E-state index contributed by atoms with van der Waals surface area (Å²) in [5.74, 6) is 2.41. The summed E-state index contributed by atoms with van der Waals surface area (Å²) in [6.07, 6.45) is 1.58. The molecule has 1 aliphatic heterocycles. The van der Waals surface area contributed by atoms with Crippen molar-refractivity contribution in [3.8, 4) is 11.8 Å². The number of hydrogen-bond acceptors (Lipinski definition) is 10. The van der Waals surface area contributed by atoms with Crippen LogP contribution in [0.25, 0.3) is 0 Å². The number of esters is 4. The summed E-state index contributed by atoms with van der Waals surface area (Å²) in [6.45, 7) is 2.18. The summed E-state index contributed by atoms with van der Waals surface area (Å²) >= 11 is 0. The highest BCUT2D eigenvalue weighted by atomic mass is 16.7. The Hall–Kier alpha value is -3.16. The van der Waals surface area contributed by atoms with Crippen molar-refractivity contribution in [2.75, 3.05) is 27.4 Å². The lowest BCUT2D eigenvalue weighted by Gasteiger charge is -2.30. The lowest BCUT2D eigenvalue weighted by Crippen LogP contribution is -2.42. The number of carbonyl (C=O) groups excluding carboxylic acids is 4.